The fraction of sp³-hybridized carbons (Fsp3) is 0.559. The van der Waals surface area contributed by atoms with Crippen LogP contribution >= 0.6 is 0 Å². The summed E-state index contributed by atoms with van der Waals surface area (Å²) in [6.07, 6.45) is 14.5. The first kappa shape index (κ1) is 27.9. The summed E-state index contributed by atoms with van der Waals surface area (Å²) in [5.74, 6) is 0.569. The van der Waals surface area contributed by atoms with E-state index in [0.29, 0.717) is 24.8 Å². The van der Waals surface area contributed by atoms with Crippen molar-refractivity contribution in [1.29, 1.82) is 0 Å². The molecule has 4 fully saturated rings. The normalized spacial score (nSPS) is 34.5. The number of alkyl halides is 1. The van der Waals surface area contributed by atoms with Crippen LogP contribution in [0.4, 0.5) is 4.39 Å². The van der Waals surface area contributed by atoms with Gasteiger partial charge in [0, 0.05) is 48.2 Å². The number of aromatic amines is 1. The third kappa shape index (κ3) is 4.47. The van der Waals surface area contributed by atoms with E-state index in [1.807, 2.05) is 35.2 Å². The molecule has 3 saturated carbocycles. The predicted molar refractivity (Wildman–Crippen MR) is 162 cm³/mol. The number of methoxy groups -OCH3 is 1. The van der Waals surface area contributed by atoms with E-state index in [2.05, 4.69) is 20.2 Å². The minimum absolute atomic E-state index is 0.0554. The molecule has 44 heavy (non-hydrogen) atoms. The predicted octanol–water partition coefficient (Wildman–Crippen LogP) is 4.50. The first-order valence-electron chi connectivity index (χ1n) is 16.2. The number of halogens is 1. The molecule has 1 saturated heterocycles. The van der Waals surface area contributed by atoms with Crippen molar-refractivity contribution in [2.24, 2.45) is 17.8 Å². The van der Waals surface area contributed by atoms with Crippen LogP contribution in [0.5, 0.6) is 5.75 Å². The van der Waals surface area contributed by atoms with Crippen molar-refractivity contribution in [3.63, 3.8) is 0 Å². The van der Waals surface area contributed by atoms with Gasteiger partial charge in [-0.05, 0) is 67.7 Å². The number of H-pyrrole nitrogens is 1. The molecule has 0 radical (unpaired) electrons. The van der Waals surface area contributed by atoms with Crippen LogP contribution in [0.2, 0.25) is 0 Å². The van der Waals surface area contributed by atoms with Crippen molar-refractivity contribution in [2.75, 3.05) is 13.7 Å². The van der Waals surface area contributed by atoms with Gasteiger partial charge in [-0.1, -0.05) is 19.3 Å². The number of fused-ring (bicyclic) bond motifs is 5. The number of carbonyl (C=O) groups excluding carboxylic acids is 2. The van der Waals surface area contributed by atoms with Crippen LogP contribution in [0.1, 0.15) is 56.6 Å². The molecule has 2 aromatic heterocycles. The first-order chi connectivity index (χ1) is 21.5. The van der Waals surface area contributed by atoms with Gasteiger partial charge in [-0.3, -0.25) is 9.59 Å². The number of carbonyl (C=O) groups is 2. The fourth-order valence-corrected chi connectivity index (χ4v) is 9.24. The molecule has 1 aromatic carbocycles. The number of rotatable bonds is 6. The van der Waals surface area contributed by atoms with E-state index in [1.165, 1.54) is 19.3 Å². The van der Waals surface area contributed by atoms with Crippen LogP contribution in [-0.4, -0.2) is 75.2 Å². The van der Waals surface area contributed by atoms with E-state index in [9.17, 15) is 9.59 Å². The molecular weight excluding hydrogens is 561 g/mol. The molecule has 3 aliphatic carbocycles. The molecule has 10 heteroatoms. The van der Waals surface area contributed by atoms with Gasteiger partial charge in [-0.15, -0.1) is 0 Å². The number of amides is 1. The summed E-state index contributed by atoms with van der Waals surface area (Å²) in [5.41, 5.74) is 2.21. The highest BCUT2D eigenvalue weighted by Crippen LogP contribution is 2.53. The quantitative estimate of drug-likeness (QED) is 0.404. The van der Waals surface area contributed by atoms with E-state index in [-0.39, 0.29) is 41.9 Å². The Morgan fingerprint density at radius 1 is 1.18 bits per heavy atom. The van der Waals surface area contributed by atoms with E-state index in [4.69, 9.17) is 9.47 Å². The van der Waals surface area contributed by atoms with Crippen LogP contribution in [0.3, 0.4) is 0 Å². The third-order valence-electron chi connectivity index (χ3n) is 11.2. The highest BCUT2D eigenvalue weighted by Gasteiger charge is 2.61. The zero-order valence-electron chi connectivity index (χ0n) is 25.0. The van der Waals surface area contributed by atoms with Gasteiger partial charge in [0.2, 0.25) is 0 Å². The van der Waals surface area contributed by atoms with Crippen molar-refractivity contribution in [1.82, 2.24) is 24.8 Å². The fourth-order valence-electron chi connectivity index (χ4n) is 9.24. The van der Waals surface area contributed by atoms with E-state index in [0.717, 1.165) is 41.5 Å². The van der Waals surface area contributed by atoms with Crippen LogP contribution < -0.4 is 10.1 Å². The average Bonchev–Trinajstić information content (AvgIpc) is 3.72. The number of morpholine rings is 1. The molecule has 9 nitrogen and oxygen atoms in total. The zero-order valence-corrected chi connectivity index (χ0v) is 25.0. The van der Waals surface area contributed by atoms with Crippen LogP contribution in [0.25, 0.3) is 10.9 Å². The highest BCUT2D eigenvalue weighted by atomic mass is 19.1. The lowest BCUT2D eigenvalue weighted by atomic mass is 9.63. The number of ketones is 1. The monoisotopic (exact) mass is 601 g/mol. The van der Waals surface area contributed by atoms with Gasteiger partial charge in [0.15, 0.2) is 5.78 Å². The van der Waals surface area contributed by atoms with Gasteiger partial charge < -0.3 is 29.2 Å². The first-order valence-corrected chi connectivity index (χ1v) is 16.2. The number of hydrogen-bond donors (Lipinski definition) is 2. The minimum Gasteiger partial charge on any atom is -0.497 e. The van der Waals surface area contributed by atoms with Crippen LogP contribution in [0.15, 0.2) is 54.9 Å². The minimum atomic E-state index is -1.29. The molecule has 9 atom stereocenters. The molecule has 8 rings (SSSR count). The Hall–Kier alpha value is -3.66. The number of ether oxygens (including phenoxy) is 2. The maximum Gasteiger partial charge on any atom is 0.256 e. The topological polar surface area (TPSA) is 101 Å². The van der Waals surface area contributed by atoms with Crippen molar-refractivity contribution < 1.29 is 23.5 Å². The Kier molecular flexibility index (Phi) is 7.00. The van der Waals surface area contributed by atoms with Gasteiger partial charge in [0.05, 0.1) is 43.2 Å². The van der Waals surface area contributed by atoms with Gasteiger partial charge in [-0.2, -0.15) is 0 Å². The maximum atomic E-state index is 16.1. The molecule has 1 amide bonds. The lowest BCUT2D eigenvalue weighted by molar-refractivity contribution is -0.220. The van der Waals surface area contributed by atoms with E-state index < -0.39 is 24.2 Å². The molecule has 9 unspecified atom stereocenters. The highest BCUT2D eigenvalue weighted by molar-refractivity contribution is 6.20. The molecule has 232 valence electrons. The largest absolute Gasteiger partial charge is 0.497 e. The van der Waals surface area contributed by atoms with Crippen molar-refractivity contribution >= 4 is 22.6 Å². The molecule has 2 N–H and O–H groups in total. The van der Waals surface area contributed by atoms with Crippen molar-refractivity contribution in [3.8, 4) is 5.75 Å². The summed E-state index contributed by atoms with van der Waals surface area (Å²) >= 11 is 0. The van der Waals surface area contributed by atoms with Crippen molar-refractivity contribution in [2.45, 2.75) is 87.9 Å². The van der Waals surface area contributed by atoms with Gasteiger partial charge >= 0.3 is 0 Å². The number of nitrogens with one attached hydrogen (secondary N) is 2. The number of aromatic nitrogens is 3. The average molecular weight is 602 g/mol. The molecule has 2 aliphatic heterocycles. The Balaban J connectivity index is 1.09. The summed E-state index contributed by atoms with van der Waals surface area (Å²) in [6, 6.07) is 5.10. The second kappa shape index (κ2) is 11.1. The van der Waals surface area contributed by atoms with Crippen molar-refractivity contribution in [3.05, 3.63) is 60.5 Å². The smallest absolute Gasteiger partial charge is 0.256 e. The molecule has 3 aromatic rings. The Morgan fingerprint density at radius 2 is 2.07 bits per heavy atom. The molecular formula is C34H40FN5O4. The number of Topliss-reactive ketones (excluding diaryl/α,β-unsaturated/α-hetero) is 1. The van der Waals surface area contributed by atoms with Crippen LogP contribution in [0, 0.1) is 17.8 Å². The molecule has 0 spiro atoms. The Labute approximate surface area is 256 Å². The lowest BCUT2D eigenvalue weighted by Gasteiger charge is -2.62. The number of benzene rings is 1. The number of imidazole rings is 1. The summed E-state index contributed by atoms with van der Waals surface area (Å²) in [5, 5.41) is 4.06. The summed E-state index contributed by atoms with van der Waals surface area (Å²) < 4.78 is 30.1. The van der Waals surface area contributed by atoms with E-state index in [1.54, 1.807) is 25.8 Å². The van der Waals surface area contributed by atoms with Crippen LogP contribution in [-0.2, 0) is 20.7 Å². The zero-order chi connectivity index (χ0) is 29.9. The maximum absolute atomic E-state index is 16.1. The second-order valence-corrected chi connectivity index (χ2v) is 13.4. The number of hydrogen-bond acceptors (Lipinski definition) is 6. The Morgan fingerprint density at radius 3 is 2.91 bits per heavy atom. The van der Waals surface area contributed by atoms with Gasteiger partial charge in [-0.25, -0.2) is 9.37 Å². The lowest BCUT2D eigenvalue weighted by Crippen LogP contribution is -2.71. The van der Waals surface area contributed by atoms with Gasteiger partial charge in [0.1, 0.15) is 18.0 Å². The standard InChI is InChI=1S/C34H40FN5O4/c1-43-21-7-8-27-23(14-21)20(16-38-27)10-11-37-34(42)25-17-40-29-22-5-3-2-4-19(22)6-9-28(29)44-33-30(40)24(32(25)41)15-26(35)31(33)39-13-12-36-18-39/h7-8,12-14,16-19,22,24,26,28-31,33,38H,2-6,9-11,15H2,1H3,(H,37,42). The molecule has 5 aliphatic rings. The Bertz CT molecular complexity index is 1590. The third-order valence-corrected chi connectivity index (χ3v) is 11.2. The summed E-state index contributed by atoms with van der Waals surface area (Å²) in [6.45, 7) is 0.374. The molecule has 0 bridgehead atoms. The summed E-state index contributed by atoms with van der Waals surface area (Å²) in [4.78, 5) is 37.5. The number of nitrogens with zero attached hydrogens (tertiary/aromatic N) is 3. The molecule has 4 heterocycles. The second-order valence-electron chi connectivity index (χ2n) is 13.4. The van der Waals surface area contributed by atoms with E-state index >= 15 is 4.39 Å². The van der Waals surface area contributed by atoms with Gasteiger partial charge in [0.25, 0.3) is 5.91 Å². The summed E-state index contributed by atoms with van der Waals surface area (Å²) in [7, 11) is 1.64. The SMILES string of the molecule is COc1ccc2[nH]cc(CCNC(=O)C3=CN4C5C(CCC6CCCCC65)OC5C4C(CC(F)C5n4ccnc4)C3=O)c2c1.